The maximum Gasteiger partial charge on any atom is 0.0382 e. The van der Waals surface area contributed by atoms with Gasteiger partial charge in [0.1, 0.15) is 0 Å². The predicted molar refractivity (Wildman–Crippen MR) is 52.2 cm³/mol. The highest BCUT2D eigenvalue weighted by Gasteiger charge is 2.00. The van der Waals surface area contributed by atoms with E-state index in [9.17, 15) is 0 Å². The fourth-order valence-corrected chi connectivity index (χ4v) is 0.921. The average Bonchev–Trinajstić information content (AvgIpc) is 1.97. The van der Waals surface area contributed by atoms with Crippen molar-refractivity contribution in [1.82, 2.24) is 0 Å². The molecule has 0 bridgehead atoms. The van der Waals surface area contributed by atoms with E-state index in [1.165, 1.54) is 24.8 Å². The van der Waals surface area contributed by atoms with E-state index in [-0.39, 0.29) is 0 Å². The molecule has 0 fully saturated rings. The third kappa shape index (κ3) is 5.84. The van der Waals surface area contributed by atoms with Crippen LogP contribution in [-0.4, -0.2) is 13.3 Å². The summed E-state index contributed by atoms with van der Waals surface area (Å²) in [6.45, 7) is 12.6. The van der Waals surface area contributed by atoms with Crippen molar-refractivity contribution in [2.24, 2.45) is 10.9 Å². The first-order valence-corrected chi connectivity index (χ1v) is 4.26. The Morgan fingerprint density at radius 2 is 2.09 bits per heavy atom. The molecule has 0 saturated carbocycles. The molecule has 0 spiro atoms. The fourth-order valence-electron chi connectivity index (χ4n) is 0.921. The quantitative estimate of drug-likeness (QED) is 0.316. The summed E-state index contributed by atoms with van der Waals surface area (Å²) in [6, 6.07) is 0. The average molecular weight is 153 g/mol. The van der Waals surface area contributed by atoms with Gasteiger partial charge in [-0.05, 0) is 32.4 Å². The second-order valence-corrected chi connectivity index (χ2v) is 3.19. The molecule has 0 aromatic rings. The molecule has 11 heavy (non-hydrogen) atoms. The van der Waals surface area contributed by atoms with Gasteiger partial charge in [-0.3, -0.25) is 0 Å². The summed E-state index contributed by atoms with van der Waals surface area (Å²) in [6.07, 6.45) is 3.65. The summed E-state index contributed by atoms with van der Waals surface area (Å²) in [5, 5.41) is 0. The summed E-state index contributed by atoms with van der Waals surface area (Å²) < 4.78 is 0. The van der Waals surface area contributed by atoms with Gasteiger partial charge in [0.2, 0.25) is 0 Å². The topological polar surface area (TPSA) is 12.4 Å². The molecule has 1 nitrogen and oxygen atoms in total. The zero-order valence-electron chi connectivity index (χ0n) is 7.77. The van der Waals surface area contributed by atoms with Crippen LogP contribution in [0, 0.1) is 5.92 Å². The lowest BCUT2D eigenvalue weighted by molar-refractivity contribution is 0.564. The number of hydrogen-bond donors (Lipinski definition) is 0. The Balaban J connectivity index is 3.24. The Hall–Kier alpha value is -0.590. The van der Waals surface area contributed by atoms with Gasteiger partial charge >= 0.3 is 0 Å². The molecule has 0 saturated heterocycles. The van der Waals surface area contributed by atoms with Gasteiger partial charge in [-0.2, -0.15) is 0 Å². The van der Waals surface area contributed by atoms with Crippen LogP contribution >= 0.6 is 0 Å². The molecule has 0 heterocycles. The van der Waals surface area contributed by atoms with Crippen molar-refractivity contribution in [3.63, 3.8) is 0 Å². The molecule has 0 amide bonds. The molecule has 1 unspecified atom stereocenters. The van der Waals surface area contributed by atoms with E-state index in [0.717, 1.165) is 6.54 Å². The van der Waals surface area contributed by atoms with Crippen LogP contribution in [0.2, 0.25) is 0 Å². The number of aliphatic imine (C=N–C) groups is 1. The monoisotopic (exact) mass is 153 g/mol. The zero-order valence-corrected chi connectivity index (χ0v) is 7.77. The van der Waals surface area contributed by atoms with Crippen LogP contribution in [-0.2, 0) is 0 Å². The number of rotatable bonds is 6. The molecular weight excluding hydrogens is 134 g/mol. The summed E-state index contributed by atoms with van der Waals surface area (Å²) in [5.74, 6) is 0.666. The Morgan fingerprint density at radius 3 is 2.55 bits per heavy atom. The van der Waals surface area contributed by atoms with Crippen LogP contribution < -0.4 is 0 Å². The third-order valence-electron chi connectivity index (χ3n) is 2.04. The Labute approximate surface area is 70.2 Å². The second kappa shape index (κ2) is 6.14. The van der Waals surface area contributed by atoms with Gasteiger partial charge < -0.3 is 4.99 Å². The number of allylic oxidation sites excluding steroid dienone is 1. The van der Waals surface area contributed by atoms with E-state index in [1.807, 2.05) is 0 Å². The fraction of sp³-hybridized carbons (Fsp3) is 0.700. The van der Waals surface area contributed by atoms with E-state index >= 15 is 0 Å². The molecular formula is C10H19N. The van der Waals surface area contributed by atoms with E-state index in [4.69, 9.17) is 0 Å². The van der Waals surface area contributed by atoms with Crippen molar-refractivity contribution >= 4 is 6.72 Å². The third-order valence-corrected chi connectivity index (χ3v) is 2.04. The SMILES string of the molecule is C=NCCCCC(C)C(=C)C. The molecule has 64 valence electrons. The van der Waals surface area contributed by atoms with Crippen LogP contribution in [0.15, 0.2) is 17.1 Å². The van der Waals surface area contributed by atoms with Gasteiger partial charge in [-0.15, -0.1) is 0 Å². The smallest absolute Gasteiger partial charge is 0.0382 e. The zero-order chi connectivity index (χ0) is 8.69. The Kier molecular flexibility index (Phi) is 5.81. The van der Waals surface area contributed by atoms with Crippen LogP contribution in [0.5, 0.6) is 0 Å². The van der Waals surface area contributed by atoms with Crippen molar-refractivity contribution < 1.29 is 0 Å². The normalized spacial score (nSPS) is 12.5. The van der Waals surface area contributed by atoms with Gasteiger partial charge in [0.15, 0.2) is 0 Å². The lowest BCUT2D eigenvalue weighted by atomic mass is 9.98. The molecule has 1 heteroatoms. The van der Waals surface area contributed by atoms with E-state index < -0.39 is 0 Å². The van der Waals surface area contributed by atoms with Crippen molar-refractivity contribution in [1.29, 1.82) is 0 Å². The van der Waals surface area contributed by atoms with Crippen molar-refractivity contribution in [2.45, 2.75) is 33.1 Å². The van der Waals surface area contributed by atoms with Crippen LogP contribution in [0.1, 0.15) is 33.1 Å². The van der Waals surface area contributed by atoms with E-state index in [2.05, 4.69) is 32.1 Å². The molecule has 0 radical (unpaired) electrons. The first-order chi connectivity index (χ1) is 5.18. The molecule has 0 rings (SSSR count). The summed E-state index contributed by atoms with van der Waals surface area (Å²) in [4.78, 5) is 3.80. The predicted octanol–water partition coefficient (Wildman–Crippen LogP) is 3.07. The van der Waals surface area contributed by atoms with Gasteiger partial charge in [-0.25, -0.2) is 0 Å². The highest BCUT2D eigenvalue weighted by molar-refractivity contribution is 5.22. The minimum Gasteiger partial charge on any atom is -0.301 e. The maximum atomic E-state index is 3.92. The lowest BCUT2D eigenvalue weighted by Gasteiger charge is -2.09. The van der Waals surface area contributed by atoms with Crippen molar-refractivity contribution in [2.75, 3.05) is 6.54 Å². The van der Waals surface area contributed by atoms with Crippen LogP contribution in [0.4, 0.5) is 0 Å². The van der Waals surface area contributed by atoms with Crippen molar-refractivity contribution in [3.05, 3.63) is 12.2 Å². The van der Waals surface area contributed by atoms with Gasteiger partial charge in [0.25, 0.3) is 0 Å². The van der Waals surface area contributed by atoms with Crippen LogP contribution in [0.25, 0.3) is 0 Å². The maximum absolute atomic E-state index is 3.92. The van der Waals surface area contributed by atoms with E-state index in [0.29, 0.717) is 5.92 Å². The summed E-state index contributed by atoms with van der Waals surface area (Å²) in [5.41, 5.74) is 1.29. The van der Waals surface area contributed by atoms with E-state index in [1.54, 1.807) is 0 Å². The van der Waals surface area contributed by atoms with Gasteiger partial charge in [0.05, 0.1) is 0 Å². The van der Waals surface area contributed by atoms with Gasteiger partial charge in [0, 0.05) is 6.54 Å². The molecule has 0 aromatic carbocycles. The number of nitrogens with zero attached hydrogens (tertiary/aromatic N) is 1. The van der Waals surface area contributed by atoms with Crippen molar-refractivity contribution in [3.8, 4) is 0 Å². The first kappa shape index (κ1) is 10.4. The minimum absolute atomic E-state index is 0.666. The molecule has 0 aliphatic heterocycles. The highest BCUT2D eigenvalue weighted by Crippen LogP contribution is 2.14. The minimum atomic E-state index is 0.666. The summed E-state index contributed by atoms with van der Waals surface area (Å²) in [7, 11) is 0. The number of unbranched alkanes of at least 4 members (excludes halogenated alkanes) is 1. The standard InChI is InChI=1S/C10H19N/c1-9(2)10(3)7-5-6-8-11-4/h10H,1,4-8H2,2-3H3. The summed E-state index contributed by atoms with van der Waals surface area (Å²) >= 11 is 0. The first-order valence-electron chi connectivity index (χ1n) is 4.26. The molecule has 0 aliphatic carbocycles. The molecule has 0 aliphatic rings. The Bertz CT molecular complexity index is 127. The highest BCUT2D eigenvalue weighted by atomic mass is 14.7. The Morgan fingerprint density at radius 1 is 1.45 bits per heavy atom. The number of hydrogen-bond acceptors (Lipinski definition) is 1. The lowest BCUT2D eigenvalue weighted by Crippen LogP contribution is -1.95. The van der Waals surface area contributed by atoms with Gasteiger partial charge in [-0.1, -0.05) is 25.5 Å². The molecule has 0 aromatic heterocycles. The second-order valence-electron chi connectivity index (χ2n) is 3.19. The van der Waals surface area contributed by atoms with Crippen LogP contribution in [0.3, 0.4) is 0 Å². The molecule has 1 atom stereocenters. The molecule has 0 N–H and O–H groups in total. The largest absolute Gasteiger partial charge is 0.301 e.